The second-order valence-electron chi connectivity index (χ2n) is 5.21. The normalized spacial score (nSPS) is 10.8. The van der Waals surface area contributed by atoms with Crippen LogP contribution in [-0.2, 0) is 6.54 Å². The topological polar surface area (TPSA) is 30.7 Å². The van der Waals surface area contributed by atoms with Crippen LogP contribution in [0.3, 0.4) is 0 Å². The molecule has 0 spiro atoms. The molecule has 4 heteroatoms. The molecule has 0 unspecified atom stereocenters. The van der Waals surface area contributed by atoms with Gasteiger partial charge in [0.25, 0.3) is 0 Å². The smallest absolute Gasteiger partial charge is 0.181 e. The molecule has 0 bridgehead atoms. The molecule has 0 aliphatic rings. The predicted octanol–water partition coefficient (Wildman–Crippen LogP) is 5.07. The SMILES string of the molecule is CCCCn1nc(-c2ccc(Cl)cc2)nc1-c1ccccc1. The zero-order valence-electron chi connectivity index (χ0n) is 12.5. The van der Waals surface area contributed by atoms with Crippen LogP contribution in [0.5, 0.6) is 0 Å². The monoisotopic (exact) mass is 311 g/mol. The predicted molar refractivity (Wildman–Crippen MR) is 90.8 cm³/mol. The van der Waals surface area contributed by atoms with Gasteiger partial charge in [0.1, 0.15) is 0 Å². The number of hydrogen-bond acceptors (Lipinski definition) is 2. The number of unbranched alkanes of at least 4 members (excludes halogenated alkanes) is 1. The summed E-state index contributed by atoms with van der Waals surface area (Å²) in [5, 5.41) is 5.41. The molecule has 0 amide bonds. The van der Waals surface area contributed by atoms with Gasteiger partial charge in [0.2, 0.25) is 0 Å². The lowest BCUT2D eigenvalue weighted by Crippen LogP contribution is -2.02. The Morgan fingerprint density at radius 2 is 1.68 bits per heavy atom. The maximum Gasteiger partial charge on any atom is 0.181 e. The number of hydrogen-bond donors (Lipinski definition) is 0. The fourth-order valence-corrected chi connectivity index (χ4v) is 2.45. The second-order valence-corrected chi connectivity index (χ2v) is 5.65. The Hall–Kier alpha value is -2.13. The summed E-state index contributed by atoms with van der Waals surface area (Å²) in [5.41, 5.74) is 2.07. The van der Waals surface area contributed by atoms with Crippen LogP contribution in [-0.4, -0.2) is 14.8 Å². The Morgan fingerprint density at radius 3 is 2.36 bits per heavy atom. The quantitative estimate of drug-likeness (QED) is 0.659. The molecule has 0 radical (unpaired) electrons. The van der Waals surface area contributed by atoms with Gasteiger partial charge in [-0.1, -0.05) is 55.3 Å². The second kappa shape index (κ2) is 6.75. The number of benzene rings is 2. The van der Waals surface area contributed by atoms with Crippen LogP contribution in [0.25, 0.3) is 22.8 Å². The van der Waals surface area contributed by atoms with E-state index in [2.05, 4.69) is 24.2 Å². The van der Waals surface area contributed by atoms with Gasteiger partial charge in [0, 0.05) is 22.7 Å². The minimum absolute atomic E-state index is 0.720. The molecule has 3 aromatic rings. The first-order valence-corrected chi connectivity index (χ1v) is 7.92. The highest BCUT2D eigenvalue weighted by Gasteiger charge is 2.12. The Kier molecular flexibility index (Phi) is 4.54. The molecule has 0 saturated heterocycles. The molecule has 0 aliphatic heterocycles. The van der Waals surface area contributed by atoms with Crippen molar-refractivity contribution in [2.24, 2.45) is 0 Å². The average molecular weight is 312 g/mol. The third-order valence-corrected chi connectivity index (χ3v) is 3.78. The molecule has 1 aromatic heterocycles. The number of halogens is 1. The summed E-state index contributed by atoms with van der Waals surface area (Å²) < 4.78 is 2.00. The van der Waals surface area contributed by atoms with Gasteiger partial charge in [-0.15, -0.1) is 0 Å². The number of rotatable bonds is 5. The Bertz CT molecular complexity index is 733. The minimum atomic E-state index is 0.720. The highest BCUT2D eigenvalue weighted by atomic mass is 35.5. The summed E-state index contributed by atoms with van der Waals surface area (Å²) >= 11 is 5.95. The maximum absolute atomic E-state index is 5.95. The molecular formula is C18H18ClN3. The minimum Gasteiger partial charge on any atom is -0.245 e. The van der Waals surface area contributed by atoms with Gasteiger partial charge in [0.15, 0.2) is 11.6 Å². The van der Waals surface area contributed by atoms with Crippen LogP contribution in [0.2, 0.25) is 5.02 Å². The Morgan fingerprint density at radius 1 is 0.955 bits per heavy atom. The van der Waals surface area contributed by atoms with E-state index in [4.69, 9.17) is 16.6 Å². The summed E-state index contributed by atoms with van der Waals surface area (Å²) in [6, 6.07) is 17.8. The van der Waals surface area contributed by atoms with Crippen molar-refractivity contribution >= 4 is 11.6 Å². The molecule has 0 atom stereocenters. The zero-order valence-corrected chi connectivity index (χ0v) is 13.3. The first-order valence-electron chi connectivity index (χ1n) is 7.54. The molecule has 0 aliphatic carbocycles. The fraction of sp³-hybridized carbons (Fsp3) is 0.222. The lowest BCUT2D eigenvalue weighted by Gasteiger charge is -2.04. The van der Waals surface area contributed by atoms with E-state index >= 15 is 0 Å². The molecule has 0 saturated carbocycles. The summed E-state index contributed by atoms with van der Waals surface area (Å²) in [5.74, 6) is 1.66. The summed E-state index contributed by atoms with van der Waals surface area (Å²) in [6.45, 7) is 3.06. The number of aryl methyl sites for hydroxylation is 1. The summed E-state index contributed by atoms with van der Waals surface area (Å²) in [6.07, 6.45) is 2.22. The van der Waals surface area contributed by atoms with Crippen molar-refractivity contribution in [1.29, 1.82) is 0 Å². The number of aromatic nitrogens is 3. The van der Waals surface area contributed by atoms with E-state index in [0.29, 0.717) is 0 Å². The molecule has 3 nitrogen and oxygen atoms in total. The first-order chi connectivity index (χ1) is 10.8. The van der Waals surface area contributed by atoms with Crippen molar-refractivity contribution in [1.82, 2.24) is 14.8 Å². The maximum atomic E-state index is 5.95. The van der Waals surface area contributed by atoms with Gasteiger partial charge < -0.3 is 0 Å². The van der Waals surface area contributed by atoms with Crippen molar-refractivity contribution in [3.8, 4) is 22.8 Å². The molecule has 0 N–H and O–H groups in total. The van der Waals surface area contributed by atoms with Crippen LogP contribution >= 0.6 is 11.6 Å². The largest absolute Gasteiger partial charge is 0.245 e. The van der Waals surface area contributed by atoms with E-state index < -0.39 is 0 Å². The Labute approximate surface area is 135 Å². The standard InChI is InChI=1S/C18H18ClN3/c1-2-3-13-22-18(15-7-5-4-6-8-15)20-17(21-22)14-9-11-16(19)12-10-14/h4-12H,2-3,13H2,1H3. The molecule has 22 heavy (non-hydrogen) atoms. The third-order valence-electron chi connectivity index (χ3n) is 3.53. The zero-order chi connectivity index (χ0) is 15.4. The van der Waals surface area contributed by atoms with Crippen molar-refractivity contribution in [3.63, 3.8) is 0 Å². The molecule has 3 rings (SSSR count). The van der Waals surface area contributed by atoms with Gasteiger partial charge in [0.05, 0.1) is 0 Å². The van der Waals surface area contributed by atoms with E-state index in [9.17, 15) is 0 Å². The fourth-order valence-electron chi connectivity index (χ4n) is 2.33. The van der Waals surface area contributed by atoms with E-state index in [0.717, 1.165) is 47.2 Å². The van der Waals surface area contributed by atoms with Gasteiger partial charge in [-0.3, -0.25) is 0 Å². The first kappa shape index (κ1) is 14.8. The van der Waals surface area contributed by atoms with Gasteiger partial charge in [-0.2, -0.15) is 5.10 Å². The van der Waals surface area contributed by atoms with Gasteiger partial charge in [-0.05, 0) is 30.7 Å². The van der Waals surface area contributed by atoms with Crippen LogP contribution in [0.4, 0.5) is 0 Å². The third kappa shape index (κ3) is 3.20. The van der Waals surface area contributed by atoms with E-state index in [1.165, 1.54) is 0 Å². The number of nitrogens with zero attached hydrogens (tertiary/aromatic N) is 3. The van der Waals surface area contributed by atoms with Crippen LogP contribution in [0.1, 0.15) is 19.8 Å². The van der Waals surface area contributed by atoms with Gasteiger partial charge in [-0.25, -0.2) is 9.67 Å². The van der Waals surface area contributed by atoms with E-state index in [-0.39, 0.29) is 0 Å². The summed E-state index contributed by atoms with van der Waals surface area (Å²) in [4.78, 5) is 4.74. The summed E-state index contributed by atoms with van der Waals surface area (Å²) in [7, 11) is 0. The van der Waals surface area contributed by atoms with Crippen LogP contribution < -0.4 is 0 Å². The lowest BCUT2D eigenvalue weighted by molar-refractivity contribution is 0.577. The lowest BCUT2D eigenvalue weighted by atomic mass is 10.2. The van der Waals surface area contributed by atoms with Crippen molar-refractivity contribution in [2.75, 3.05) is 0 Å². The van der Waals surface area contributed by atoms with Crippen LogP contribution in [0, 0.1) is 0 Å². The average Bonchev–Trinajstić information content (AvgIpc) is 2.98. The van der Waals surface area contributed by atoms with E-state index in [1.807, 2.05) is 47.1 Å². The van der Waals surface area contributed by atoms with Gasteiger partial charge >= 0.3 is 0 Å². The molecule has 2 aromatic carbocycles. The molecular weight excluding hydrogens is 294 g/mol. The van der Waals surface area contributed by atoms with E-state index in [1.54, 1.807) is 0 Å². The molecule has 1 heterocycles. The molecule has 0 fully saturated rings. The Balaban J connectivity index is 2.02. The van der Waals surface area contributed by atoms with Crippen molar-refractivity contribution in [2.45, 2.75) is 26.3 Å². The van der Waals surface area contributed by atoms with Crippen molar-refractivity contribution in [3.05, 3.63) is 59.6 Å². The highest BCUT2D eigenvalue weighted by Crippen LogP contribution is 2.23. The van der Waals surface area contributed by atoms with Crippen molar-refractivity contribution < 1.29 is 0 Å². The molecule has 112 valence electrons. The highest BCUT2D eigenvalue weighted by molar-refractivity contribution is 6.30. The van der Waals surface area contributed by atoms with Crippen LogP contribution in [0.15, 0.2) is 54.6 Å².